The minimum Gasteiger partial charge on any atom is -0.357 e. The van der Waals surface area contributed by atoms with Crippen molar-refractivity contribution in [3.05, 3.63) is 0 Å². The zero-order valence-electron chi connectivity index (χ0n) is 12.2. The van der Waals surface area contributed by atoms with E-state index in [1.54, 1.807) is 0 Å². The van der Waals surface area contributed by atoms with Gasteiger partial charge in [-0.2, -0.15) is 0 Å². The van der Waals surface area contributed by atoms with E-state index >= 15 is 0 Å². The molecule has 0 aromatic rings. The lowest BCUT2D eigenvalue weighted by Gasteiger charge is -2.17. The van der Waals surface area contributed by atoms with Crippen LogP contribution in [0, 0.1) is 5.92 Å². The van der Waals surface area contributed by atoms with Crippen LogP contribution in [0.2, 0.25) is 0 Å². The van der Waals surface area contributed by atoms with Crippen molar-refractivity contribution in [2.24, 2.45) is 10.9 Å². The molecule has 2 unspecified atom stereocenters. The smallest absolute Gasteiger partial charge is 0.191 e. The Bertz CT molecular complexity index is 245. The Kier molecular flexibility index (Phi) is 9.81. The van der Waals surface area contributed by atoms with Crippen LogP contribution in [0.3, 0.4) is 0 Å². The number of aliphatic imine (C=N–C) groups is 1. The van der Waals surface area contributed by atoms with Crippen molar-refractivity contribution in [2.45, 2.75) is 39.7 Å². The monoisotopic (exact) mass is 368 g/mol. The summed E-state index contributed by atoms with van der Waals surface area (Å²) in [6.07, 6.45) is 2.40. The normalized spacial score (nSPS) is 22.4. The van der Waals surface area contributed by atoms with E-state index in [1.165, 1.54) is 19.5 Å². The fraction of sp³-hybridized carbons (Fsp3) is 0.923. The Balaban J connectivity index is 0.00000289. The van der Waals surface area contributed by atoms with Gasteiger partial charge in [-0.05, 0) is 46.2 Å². The molecule has 2 atom stereocenters. The van der Waals surface area contributed by atoms with Crippen LogP contribution >= 0.6 is 24.0 Å². The lowest BCUT2D eigenvalue weighted by molar-refractivity contribution is 0.397. The molecule has 1 aliphatic heterocycles. The van der Waals surface area contributed by atoms with Gasteiger partial charge in [0.25, 0.3) is 0 Å². The van der Waals surface area contributed by atoms with Crippen molar-refractivity contribution < 1.29 is 0 Å². The summed E-state index contributed by atoms with van der Waals surface area (Å²) in [5.74, 6) is 1.70. The molecule has 1 saturated heterocycles. The summed E-state index contributed by atoms with van der Waals surface area (Å²) in [4.78, 5) is 7.07. The number of rotatable bonds is 5. The van der Waals surface area contributed by atoms with E-state index in [0.29, 0.717) is 6.04 Å². The zero-order chi connectivity index (χ0) is 12.7. The Morgan fingerprint density at radius 2 is 2.17 bits per heavy atom. The summed E-state index contributed by atoms with van der Waals surface area (Å²) in [7, 11) is 2.19. The van der Waals surface area contributed by atoms with E-state index in [1.807, 2.05) is 0 Å². The van der Waals surface area contributed by atoms with Crippen LogP contribution in [0.4, 0.5) is 0 Å². The van der Waals surface area contributed by atoms with Crippen LogP contribution in [0.25, 0.3) is 0 Å². The number of nitrogens with zero attached hydrogens (tertiary/aromatic N) is 2. The Hall–Kier alpha value is -0.0400. The maximum absolute atomic E-state index is 4.69. The van der Waals surface area contributed by atoms with E-state index in [-0.39, 0.29) is 24.0 Å². The van der Waals surface area contributed by atoms with Gasteiger partial charge in [0, 0.05) is 25.7 Å². The van der Waals surface area contributed by atoms with E-state index in [0.717, 1.165) is 31.4 Å². The minimum atomic E-state index is 0. The highest BCUT2D eigenvalue weighted by Crippen LogP contribution is 2.14. The number of hydrogen-bond acceptors (Lipinski definition) is 2. The summed E-state index contributed by atoms with van der Waals surface area (Å²) in [5, 5.41) is 6.74. The van der Waals surface area contributed by atoms with Gasteiger partial charge < -0.3 is 15.5 Å². The fourth-order valence-corrected chi connectivity index (χ4v) is 2.05. The molecular weight excluding hydrogens is 339 g/mol. The van der Waals surface area contributed by atoms with Crippen molar-refractivity contribution in [3.8, 4) is 0 Å². The van der Waals surface area contributed by atoms with E-state index in [4.69, 9.17) is 0 Å². The Morgan fingerprint density at radius 1 is 1.44 bits per heavy atom. The van der Waals surface area contributed by atoms with E-state index in [2.05, 4.69) is 48.3 Å². The van der Waals surface area contributed by atoms with Crippen LogP contribution in [0.15, 0.2) is 4.99 Å². The van der Waals surface area contributed by atoms with E-state index in [9.17, 15) is 0 Å². The molecule has 2 N–H and O–H groups in total. The first-order valence-corrected chi connectivity index (χ1v) is 6.89. The minimum absolute atomic E-state index is 0. The van der Waals surface area contributed by atoms with Gasteiger partial charge in [-0.25, -0.2) is 0 Å². The fourth-order valence-electron chi connectivity index (χ4n) is 2.05. The van der Waals surface area contributed by atoms with Gasteiger partial charge in [-0.1, -0.05) is 6.92 Å². The number of guanidine groups is 1. The largest absolute Gasteiger partial charge is 0.357 e. The molecule has 18 heavy (non-hydrogen) atoms. The second-order valence-electron chi connectivity index (χ2n) is 5.09. The molecule has 0 bridgehead atoms. The quantitative estimate of drug-likeness (QED) is 0.443. The average molecular weight is 368 g/mol. The highest BCUT2D eigenvalue weighted by Gasteiger charge is 2.18. The summed E-state index contributed by atoms with van der Waals surface area (Å²) in [6.45, 7) is 10.8. The van der Waals surface area contributed by atoms with Crippen molar-refractivity contribution >= 4 is 29.9 Å². The zero-order valence-corrected chi connectivity index (χ0v) is 14.5. The molecule has 0 spiro atoms. The summed E-state index contributed by atoms with van der Waals surface area (Å²) in [6, 6.07) is 0.485. The molecule has 0 aliphatic carbocycles. The highest BCUT2D eigenvalue weighted by molar-refractivity contribution is 14.0. The van der Waals surface area contributed by atoms with Gasteiger partial charge in [0.1, 0.15) is 0 Å². The molecule has 108 valence electrons. The van der Waals surface area contributed by atoms with Crippen LogP contribution in [0.1, 0.15) is 33.6 Å². The first-order valence-electron chi connectivity index (χ1n) is 6.89. The van der Waals surface area contributed by atoms with Crippen molar-refractivity contribution in [1.29, 1.82) is 0 Å². The SMILES string of the molecule is CCNC(=NCC1CCN(C)C1)NC(C)CC.I. The van der Waals surface area contributed by atoms with Crippen LogP contribution in [-0.2, 0) is 0 Å². The first-order chi connectivity index (χ1) is 8.15. The van der Waals surface area contributed by atoms with Crippen LogP contribution in [0.5, 0.6) is 0 Å². The maximum Gasteiger partial charge on any atom is 0.191 e. The molecule has 5 heteroatoms. The molecule has 0 aromatic heterocycles. The summed E-state index contributed by atoms with van der Waals surface area (Å²) in [5.41, 5.74) is 0. The van der Waals surface area contributed by atoms with Crippen molar-refractivity contribution in [3.63, 3.8) is 0 Å². The van der Waals surface area contributed by atoms with Gasteiger partial charge >= 0.3 is 0 Å². The Morgan fingerprint density at radius 3 is 2.67 bits per heavy atom. The molecule has 1 fully saturated rings. The topological polar surface area (TPSA) is 39.7 Å². The third kappa shape index (κ3) is 6.78. The standard InChI is InChI=1S/C13H28N4.HI/c1-5-11(3)16-13(14-6-2)15-9-12-7-8-17(4)10-12;/h11-12H,5-10H2,1-4H3,(H2,14,15,16);1H. The second kappa shape index (κ2) is 9.83. The number of nitrogens with one attached hydrogen (secondary N) is 2. The van der Waals surface area contributed by atoms with Gasteiger partial charge in [0.05, 0.1) is 0 Å². The molecule has 0 radical (unpaired) electrons. The maximum atomic E-state index is 4.69. The lowest BCUT2D eigenvalue weighted by Crippen LogP contribution is -2.42. The van der Waals surface area contributed by atoms with Crippen LogP contribution < -0.4 is 10.6 Å². The lowest BCUT2D eigenvalue weighted by atomic mass is 10.1. The van der Waals surface area contributed by atoms with Gasteiger partial charge in [-0.3, -0.25) is 4.99 Å². The molecule has 1 heterocycles. The predicted octanol–water partition coefficient (Wildman–Crippen LogP) is 1.91. The molecule has 0 saturated carbocycles. The van der Waals surface area contributed by atoms with Gasteiger partial charge in [0.15, 0.2) is 5.96 Å². The summed E-state index contributed by atoms with van der Waals surface area (Å²) >= 11 is 0. The van der Waals surface area contributed by atoms with Crippen molar-refractivity contribution in [1.82, 2.24) is 15.5 Å². The molecule has 4 nitrogen and oxygen atoms in total. The molecule has 1 rings (SSSR count). The number of halogens is 1. The number of hydrogen-bond donors (Lipinski definition) is 2. The summed E-state index contributed by atoms with van der Waals surface area (Å²) < 4.78 is 0. The molecule has 1 aliphatic rings. The molecule has 0 aromatic carbocycles. The molecule has 0 amide bonds. The predicted molar refractivity (Wildman–Crippen MR) is 89.9 cm³/mol. The second-order valence-corrected chi connectivity index (χ2v) is 5.09. The van der Waals surface area contributed by atoms with Gasteiger partial charge in [0.2, 0.25) is 0 Å². The third-order valence-corrected chi connectivity index (χ3v) is 3.34. The molecular formula is C13H29IN4. The van der Waals surface area contributed by atoms with Crippen molar-refractivity contribution in [2.75, 3.05) is 33.2 Å². The van der Waals surface area contributed by atoms with Crippen LogP contribution in [-0.4, -0.2) is 50.1 Å². The third-order valence-electron chi connectivity index (χ3n) is 3.34. The van der Waals surface area contributed by atoms with Gasteiger partial charge in [-0.15, -0.1) is 24.0 Å². The Labute approximate surface area is 129 Å². The highest BCUT2D eigenvalue weighted by atomic mass is 127. The number of likely N-dealkylation sites (tertiary alicyclic amines) is 1. The van der Waals surface area contributed by atoms with E-state index < -0.39 is 0 Å². The first kappa shape index (κ1) is 18.0. The average Bonchev–Trinajstić information content (AvgIpc) is 2.72.